The molecule has 2 amide bonds. The molecule has 34 heavy (non-hydrogen) atoms. The Morgan fingerprint density at radius 3 is 2.38 bits per heavy atom. The van der Waals surface area contributed by atoms with E-state index in [1.807, 2.05) is 31.2 Å². The van der Waals surface area contributed by atoms with Crippen molar-refractivity contribution in [1.29, 1.82) is 0 Å². The van der Waals surface area contributed by atoms with Crippen LogP contribution >= 0.6 is 46.6 Å². The van der Waals surface area contributed by atoms with Crippen LogP contribution in [-0.4, -0.2) is 34.6 Å². The summed E-state index contributed by atoms with van der Waals surface area (Å²) in [6.07, 6.45) is 5.94. The van der Waals surface area contributed by atoms with E-state index in [9.17, 15) is 9.59 Å². The van der Waals surface area contributed by atoms with Crippen LogP contribution in [0.2, 0.25) is 15.1 Å². The summed E-state index contributed by atoms with van der Waals surface area (Å²) in [4.78, 5) is 28.4. The van der Waals surface area contributed by atoms with Crippen molar-refractivity contribution in [2.24, 2.45) is 0 Å². The van der Waals surface area contributed by atoms with E-state index < -0.39 is 6.04 Å². The van der Waals surface area contributed by atoms with Gasteiger partial charge in [0.2, 0.25) is 11.8 Å². The average molecular weight is 542 g/mol. The van der Waals surface area contributed by atoms with Crippen LogP contribution in [0.4, 0.5) is 0 Å². The number of halogens is 3. The highest BCUT2D eigenvalue weighted by Crippen LogP contribution is 2.28. The van der Waals surface area contributed by atoms with E-state index in [2.05, 4.69) is 5.32 Å². The van der Waals surface area contributed by atoms with E-state index in [1.54, 1.807) is 23.1 Å². The number of hydrogen-bond acceptors (Lipinski definition) is 3. The van der Waals surface area contributed by atoms with Crippen molar-refractivity contribution in [3.05, 3.63) is 68.7 Å². The number of nitrogens with one attached hydrogen (secondary N) is 1. The Balaban J connectivity index is 1.75. The van der Waals surface area contributed by atoms with Crippen LogP contribution in [0.15, 0.2) is 42.5 Å². The Kier molecular flexibility index (Phi) is 10.9. The number of rotatable bonds is 10. The molecule has 1 unspecified atom stereocenters. The summed E-state index contributed by atoms with van der Waals surface area (Å²) in [6.45, 7) is 2.12. The van der Waals surface area contributed by atoms with E-state index in [0.717, 1.165) is 31.2 Å². The van der Waals surface area contributed by atoms with Crippen LogP contribution < -0.4 is 5.32 Å². The lowest BCUT2D eigenvalue weighted by Crippen LogP contribution is -2.52. The molecule has 8 heteroatoms. The summed E-state index contributed by atoms with van der Waals surface area (Å²) in [7, 11) is 0. The van der Waals surface area contributed by atoms with Crippen molar-refractivity contribution >= 4 is 58.4 Å². The molecule has 0 saturated heterocycles. The Morgan fingerprint density at radius 1 is 1.06 bits per heavy atom. The lowest BCUT2D eigenvalue weighted by molar-refractivity contribution is -0.139. The summed E-state index contributed by atoms with van der Waals surface area (Å²) in [6, 6.07) is 12.5. The van der Waals surface area contributed by atoms with E-state index in [-0.39, 0.29) is 30.2 Å². The fraction of sp³-hybridized carbons (Fsp3) is 0.462. The molecule has 1 atom stereocenters. The highest BCUT2D eigenvalue weighted by Gasteiger charge is 2.31. The third-order valence-corrected chi connectivity index (χ3v) is 8.04. The summed E-state index contributed by atoms with van der Waals surface area (Å²) in [5.41, 5.74) is 1.70. The zero-order valence-corrected chi connectivity index (χ0v) is 22.5. The smallest absolute Gasteiger partial charge is 0.243 e. The maximum atomic E-state index is 13.4. The van der Waals surface area contributed by atoms with Crippen molar-refractivity contribution in [1.82, 2.24) is 10.2 Å². The second-order valence-electron chi connectivity index (χ2n) is 8.61. The van der Waals surface area contributed by atoms with Crippen molar-refractivity contribution in [2.75, 3.05) is 5.75 Å². The molecule has 0 bridgehead atoms. The molecule has 1 fully saturated rings. The minimum absolute atomic E-state index is 0.106. The fourth-order valence-electron chi connectivity index (χ4n) is 4.28. The van der Waals surface area contributed by atoms with Crippen molar-refractivity contribution in [3.8, 4) is 0 Å². The average Bonchev–Trinajstić information content (AvgIpc) is 2.81. The van der Waals surface area contributed by atoms with Crippen LogP contribution in [0.25, 0.3) is 0 Å². The predicted molar refractivity (Wildman–Crippen MR) is 144 cm³/mol. The van der Waals surface area contributed by atoms with Gasteiger partial charge in [-0.3, -0.25) is 9.59 Å². The Labute approximate surface area is 221 Å². The number of carbonyl (C=O) groups is 2. The molecule has 2 aromatic rings. The van der Waals surface area contributed by atoms with Gasteiger partial charge in [-0.25, -0.2) is 0 Å². The standard InChI is InChI=1S/C26H31Cl3N2O2S/c1-2-24(26(33)30-20-10-4-3-5-11-20)31(15-21-22(28)12-7-13-23(21)29)25(32)17-34-16-18-8-6-9-19(27)14-18/h6-9,12-14,20,24H,2-5,10-11,15-17H2,1H3,(H,30,33). The number of benzene rings is 2. The summed E-state index contributed by atoms with van der Waals surface area (Å²) in [5.74, 6) is 0.666. The van der Waals surface area contributed by atoms with Crippen molar-refractivity contribution in [3.63, 3.8) is 0 Å². The highest BCUT2D eigenvalue weighted by atomic mass is 35.5. The molecular formula is C26H31Cl3N2O2S. The van der Waals surface area contributed by atoms with Gasteiger partial charge in [0.1, 0.15) is 6.04 Å². The van der Waals surface area contributed by atoms with Crippen LogP contribution in [0.5, 0.6) is 0 Å². The topological polar surface area (TPSA) is 49.4 Å². The molecule has 0 aliphatic heterocycles. The Bertz CT molecular complexity index is 962. The molecule has 2 aromatic carbocycles. The van der Waals surface area contributed by atoms with Gasteiger partial charge in [0.25, 0.3) is 0 Å². The first-order valence-electron chi connectivity index (χ1n) is 11.7. The summed E-state index contributed by atoms with van der Waals surface area (Å²) >= 11 is 20.4. The molecule has 4 nitrogen and oxygen atoms in total. The second kappa shape index (κ2) is 13.6. The molecule has 1 aliphatic rings. The van der Waals surface area contributed by atoms with Crippen LogP contribution in [-0.2, 0) is 21.9 Å². The summed E-state index contributed by atoms with van der Waals surface area (Å²) < 4.78 is 0. The first-order valence-corrected chi connectivity index (χ1v) is 14.0. The first kappa shape index (κ1) is 27.2. The highest BCUT2D eigenvalue weighted by molar-refractivity contribution is 7.99. The predicted octanol–water partition coefficient (Wildman–Crippen LogP) is 7.14. The molecule has 0 aromatic heterocycles. The van der Waals surface area contributed by atoms with Gasteiger partial charge in [0, 0.05) is 39.0 Å². The fourth-order valence-corrected chi connectivity index (χ4v) is 5.87. The van der Waals surface area contributed by atoms with Crippen LogP contribution in [0, 0.1) is 0 Å². The molecule has 3 rings (SSSR count). The van der Waals surface area contributed by atoms with Gasteiger partial charge in [0.05, 0.1) is 5.75 Å². The van der Waals surface area contributed by atoms with Gasteiger partial charge in [-0.1, -0.05) is 79.2 Å². The largest absolute Gasteiger partial charge is 0.352 e. The van der Waals surface area contributed by atoms with Gasteiger partial charge in [-0.15, -0.1) is 11.8 Å². The SMILES string of the molecule is CCC(C(=O)NC1CCCCC1)N(Cc1c(Cl)cccc1Cl)C(=O)CSCc1cccc(Cl)c1. The van der Waals surface area contributed by atoms with Gasteiger partial charge in [-0.05, 0) is 49.1 Å². The van der Waals surface area contributed by atoms with Gasteiger partial charge < -0.3 is 10.2 Å². The maximum Gasteiger partial charge on any atom is 0.243 e. The zero-order chi connectivity index (χ0) is 24.5. The minimum Gasteiger partial charge on any atom is -0.352 e. The number of nitrogens with zero attached hydrogens (tertiary/aromatic N) is 1. The third-order valence-electron chi connectivity index (χ3n) is 6.11. The van der Waals surface area contributed by atoms with E-state index in [1.165, 1.54) is 18.2 Å². The minimum atomic E-state index is -0.589. The lowest BCUT2D eigenvalue weighted by Gasteiger charge is -2.33. The van der Waals surface area contributed by atoms with Crippen LogP contribution in [0.3, 0.4) is 0 Å². The zero-order valence-electron chi connectivity index (χ0n) is 19.4. The van der Waals surface area contributed by atoms with Crippen molar-refractivity contribution in [2.45, 2.75) is 69.8 Å². The Morgan fingerprint density at radius 2 is 1.74 bits per heavy atom. The number of amides is 2. The molecule has 0 heterocycles. The molecule has 184 valence electrons. The van der Waals surface area contributed by atoms with E-state index in [4.69, 9.17) is 34.8 Å². The van der Waals surface area contributed by atoms with E-state index in [0.29, 0.717) is 32.8 Å². The molecule has 1 saturated carbocycles. The molecule has 0 spiro atoms. The normalized spacial score (nSPS) is 15.1. The van der Waals surface area contributed by atoms with Gasteiger partial charge >= 0.3 is 0 Å². The van der Waals surface area contributed by atoms with Crippen molar-refractivity contribution < 1.29 is 9.59 Å². The number of carbonyl (C=O) groups excluding carboxylic acids is 2. The number of hydrogen-bond donors (Lipinski definition) is 1. The van der Waals surface area contributed by atoms with Crippen LogP contribution in [0.1, 0.15) is 56.6 Å². The maximum absolute atomic E-state index is 13.4. The molecular weight excluding hydrogens is 511 g/mol. The lowest BCUT2D eigenvalue weighted by atomic mass is 9.95. The van der Waals surface area contributed by atoms with Gasteiger partial charge in [0.15, 0.2) is 0 Å². The first-order chi connectivity index (χ1) is 16.4. The summed E-state index contributed by atoms with van der Waals surface area (Å²) in [5, 5.41) is 4.83. The van der Waals surface area contributed by atoms with E-state index >= 15 is 0 Å². The second-order valence-corrected chi connectivity index (χ2v) is 10.8. The molecule has 1 aliphatic carbocycles. The monoisotopic (exact) mass is 540 g/mol. The quantitative estimate of drug-likeness (QED) is 0.348. The Hall–Kier alpha value is -1.40. The third kappa shape index (κ3) is 7.81. The molecule has 0 radical (unpaired) electrons. The number of thioether (sulfide) groups is 1. The van der Waals surface area contributed by atoms with Gasteiger partial charge in [-0.2, -0.15) is 0 Å². The molecule has 1 N–H and O–H groups in total.